The minimum absolute atomic E-state index is 0.175. The SMILES string of the molecule is CC(C)(OCCCCCCCOc1ccc(C2CC=NN2)nc1)C(=O)O. The number of pyridine rings is 1. The molecule has 2 rings (SSSR count). The normalized spacial score (nSPS) is 16.5. The van der Waals surface area contributed by atoms with Crippen LogP contribution < -0.4 is 10.2 Å². The average Bonchev–Trinajstić information content (AvgIpc) is 3.15. The summed E-state index contributed by atoms with van der Waals surface area (Å²) in [6.07, 6.45) is 9.55. The minimum Gasteiger partial charge on any atom is -0.492 e. The maximum absolute atomic E-state index is 10.9. The number of carboxylic acids is 1. The second-order valence-electron chi connectivity index (χ2n) is 6.93. The standard InChI is InChI=1S/C19H29N3O4/c1-19(2,18(23)24)26-13-7-5-3-4-6-12-25-15-8-9-16(20-14-15)17-10-11-21-22-17/h8-9,11,14,17,22H,3-7,10,12-13H2,1-2H3,(H,23,24). The summed E-state index contributed by atoms with van der Waals surface area (Å²) in [7, 11) is 0. The van der Waals surface area contributed by atoms with E-state index < -0.39 is 11.6 Å². The van der Waals surface area contributed by atoms with E-state index in [1.54, 1.807) is 20.0 Å². The first-order valence-electron chi connectivity index (χ1n) is 9.22. The molecule has 0 radical (unpaired) electrons. The van der Waals surface area contributed by atoms with Gasteiger partial charge in [-0.25, -0.2) is 4.79 Å². The van der Waals surface area contributed by atoms with Gasteiger partial charge in [0.1, 0.15) is 5.75 Å². The highest BCUT2D eigenvalue weighted by Crippen LogP contribution is 2.19. The molecule has 1 aromatic heterocycles. The lowest BCUT2D eigenvalue weighted by atomic mass is 10.1. The van der Waals surface area contributed by atoms with Gasteiger partial charge in [0.25, 0.3) is 0 Å². The van der Waals surface area contributed by atoms with Gasteiger partial charge in [-0.2, -0.15) is 5.10 Å². The predicted octanol–water partition coefficient (Wildman–Crippen LogP) is 3.31. The Labute approximate surface area is 154 Å². The summed E-state index contributed by atoms with van der Waals surface area (Å²) in [6.45, 7) is 4.31. The van der Waals surface area contributed by atoms with Crippen molar-refractivity contribution >= 4 is 12.2 Å². The average molecular weight is 363 g/mol. The Morgan fingerprint density at radius 2 is 1.96 bits per heavy atom. The number of hydrogen-bond donors (Lipinski definition) is 2. The Balaban J connectivity index is 1.48. The quantitative estimate of drug-likeness (QED) is 0.554. The fourth-order valence-corrected chi connectivity index (χ4v) is 2.54. The third-order valence-electron chi connectivity index (χ3n) is 4.31. The zero-order valence-corrected chi connectivity index (χ0v) is 15.6. The van der Waals surface area contributed by atoms with E-state index in [0.29, 0.717) is 13.2 Å². The van der Waals surface area contributed by atoms with Crippen LogP contribution in [-0.4, -0.2) is 41.1 Å². The van der Waals surface area contributed by atoms with Gasteiger partial charge in [0.15, 0.2) is 5.60 Å². The van der Waals surface area contributed by atoms with Gasteiger partial charge in [-0.1, -0.05) is 19.3 Å². The Morgan fingerprint density at radius 3 is 2.58 bits per heavy atom. The highest BCUT2D eigenvalue weighted by Gasteiger charge is 2.27. The molecular weight excluding hydrogens is 334 g/mol. The number of hydrazone groups is 1. The molecule has 7 heteroatoms. The lowest BCUT2D eigenvalue weighted by molar-refractivity contribution is -0.161. The molecule has 0 saturated heterocycles. The predicted molar refractivity (Wildman–Crippen MR) is 99.5 cm³/mol. The Morgan fingerprint density at radius 1 is 1.23 bits per heavy atom. The third kappa shape index (κ3) is 6.63. The molecule has 0 amide bonds. The first-order valence-corrected chi connectivity index (χ1v) is 9.22. The molecule has 2 N–H and O–H groups in total. The summed E-state index contributed by atoms with van der Waals surface area (Å²) in [5.41, 5.74) is 2.89. The number of carboxylic acid groups (broad SMARTS) is 1. The highest BCUT2D eigenvalue weighted by molar-refractivity contribution is 5.76. The summed E-state index contributed by atoms with van der Waals surface area (Å²) in [4.78, 5) is 15.3. The number of nitrogens with zero attached hydrogens (tertiary/aromatic N) is 2. The number of hydrogen-bond acceptors (Lipinski definition) is 6. The third-order valence-corrected chi connectivity index (χ3v) is 4.31. The molecule has 1 aliphatic heterocycles. The summed E-state index contributed by atoms with van der Waals surface area (Å²) < 4.78 is 11.1. The van der Waals surface area contributed by atoms with E-state index in [1.807, 2.05) is 18.3 Å². The van der Waals surface area contributed by atoms with Crippen molar-refractivity contribution in [3.05, 3.63) is 24.0 Å². The Kier molecular flexibility index (Phi) is 7.84. The van der Waals surface area contributed by atoms with E-state index >= 15 is 0 Å². The van der Waals surface area contributed by atoms with Crippen molar-refractivity contribution in [1.29, 1.82) is 0 Å². The van der Waals surface area contributed by atoms with Gasteiger partial charge in [-0.05, 0) is 38.8 Å². The molecule has 0 spiro atoms. The van der Waals surface area contributed by atoms with E-state index in [4.69, 9.17) is 14.6 Å². The van der Waals surface area contributed by atoms with Crippen molar-refractivity contribution in [1.82, 2.24) is 10.4 Å². The number of aromatic nitrogens is 1. The molecular formula is C19H29N3O4. The fourth-order valence-electron chi connectivity index (χ4n) is 2.54. The number of rotatable bonds is 12. The van der Waals surface area contributed by atoms with Gasteiger partial charge in [-0.3, -0.25) is 4.98 Å². The molecule has 0 aliphatic carbocycles. The van der Waals surface area contributed by atoms with Crippen molar-refractivity contribution in [3.63, 3.8) is 0 Å². The van der Waals surface area contributed by atoms with Gasteiger partial charge in [0.05, 0.1) is 24.5 Å². The second-order valence-corrected chi connectivity index (χ2v) is 6.93. The molecule has 1 aliphatic rings. The lowest BCUT2D eigenvalue weighted by Crippen LogP contribution is -2.35. The minimum atomic E-state index is -1.10. The van der Waals surface area contributed by atoms with Crippen molar-refractivity contribution in [3.8, 4) is 5.75 Å². The topological polar surface area (TPSA) is 93.0 Å². The summed E-state index contributed by atoms with van der Waals surface area (Å²) >= 11 is 0. The van der Waals surface area contributed by atoms with Crippen LogP contribution in [-0.2, 0) is 9.53 Å². The molecule has 0 saturated carbocycles. The number of aliphatic carboxylic acids is 1. The molecule has 2 heterocycles. The molecule has 1 atom stereocenters. The summed E-state index contributed by atoms with van der Waals surface area (Å²) in [6, 6.07) is 4.10. The van der Waals surface area contributed by atoms with Gasteiger partial charge < -0.3 is 20.0 Å². The van der Waals surface area contributed by atoms with Crippen LogP contribution in [0.4, 0.5) is 0 Å². The van der Waals surface area contributed by atoms with E-state index in [9.17, 15) is 4.79 Å². The summed E-state index contributed by atoms with van der Waals surface area (Å²) in [5, 5.41) is 13.0. The highest BCUT2D eigenvalue weighted by atomic mass is 16.5. The molecule has 144 valence electrons. The first kappa shape index (κ1) is 20.2. The number of unbranched alkanes of at least 4 members (excludes halogenated alkanes) is 4. The Bertz CT molecular complexity index is 579. The van der Waals surface area contributed by atoms with Gasteiger partial charge in [0, 0.05) is 19.2 Å². The lowest BCUT2D eigenvalue weighted by Gasteiger charge is -2.19. The number of ether oxygens (including phenoxy) is 2. The maximum atomic E-state index is 10.9. The van der Waals surface area contributed by atoms with E-state index in [2.05, 4.69) is 15.5 Å². The first-order chi connectivity index (χ1) is 12.5. The fraction of sp³-hybridized carbons (Fsp3) is 0.632. The van der Waals surface area contributed by atoms with Gasteiger partial charge in [-0.15, -0.1) is 0 Å². The zero-order chi connectivity index (χ0) is 18.8. The van der Waals surface area contributed by atoms with Crippen LogP contribution in [0.15, 0.2) is 23.4 Å². The van der Waals surface area contributed by atoms with Crippen LogP contribution >= 0.6 is 0 Å². The molecule has 26 heavy (non-hydrogen) atoms. The van der Waals surface area contributed by atoms with E-state index in [1.165, 1.54) is 0 Å². The molecule has 1 aromatic rings. The van der Waals surface area contributed by atoms with Crippen LogP contribution in [0.2, 0.25) is 0 Å². The van der Waals surface area contributed by atoms with Crippen molar-refractivity contribution in [2.75, 3.05) is 13.2 Å². The van der Waals surface area contributed by atoms with Crippen LogP contribution in [0.25, 0.3) is 0 Å². The molecule has 1 unspecified atom stereocenters. The van der Waals surface area contributed by atoms with Crippen molar-refractivity contribution in [2.45, 2.75) is 64.0 Å². The monoisotopic (exact) mass is 363 g/mol. The number of nitrogens with one attached hydrogen (secondary N) is 1. The van der Waals surface area contributed by atoms with Crippen LogP contribution in [0.1, 0.15) is 64.1 Å². The van der Waals surface area contributed by atoms with Crippen LogP contribution in [0, 0.1) is 0 Å². The molecule has 0 fully saturated rings. The van der Waals surface area contributed by atoms with Gasteiger partial charge >= 0.3 is 5.97 Å². The zero-order valence-electron chi connectivity index (χ0n) is 15.6. The van der Waals surface area contributed by atoms with E-state index in [0.717, 1.165) is 50.0 Å². The van der Waals surface area contributed by atoms with Crippen LogP contribution in [0.3, 0.4) is 0 Å². The van der Waals surface area contributed by atoms with Crippen molar-refractivity contribution < 1.29 is 19.4 Å². The Hall–Kier alpha value is -2.15. The maximum Gasteiger partial charge on any atom is 0.335 e. The largest absolute Gasteiger partial charge is 0.492 e. The number of carbonyl (C=O) groups is 1. The van der Waals surface area contributed by atoms with Crippen LogP contribution in [0.5, 0.6) is 5.75 Å². The van der Waals surface area contributed by atoms with Gasteiger partial charge in [0.2, 0.25) is 0 Å². The van der Waals surface area contributed by atoms with E-state index in [-0.39, 0.29) is 6.04 Å². The summed E-state index contributed by atoms with van der Waals surface area (Å²) in [5.74, 6) is -0.137. The smallest absolute Gasteiger partial charge is 0.335 e. The molecule has 0 bridgehead atoms. The molecule has 0 aromatic carbocycles. The molecule has 7 nitrogen and oxygen atoms in total. The van der Waals surface area contributed by atoms with Crippen molar-refractivity contribution in [2.24, 2.45) is 5.10 Å². The second kappa shape index (κ2) is 10.1.